The fraction of sp³-hybridized carbons (Fsp3) is 0.947. The summed E-state index contributed by atoms with van der Waals surface area (Å²) in [7, 11) is 0. The number of hydrogen-bond acceptors (Lipinski definition) is 3. The number of aliphatic hydroxyl groups is 1. The van der Waals surface area contributed by atoms with E-state index < -0.39 is 0 Å². The molecule has 0 spiro atoms. The quantitative estimate of drug-likeness (QED) is 0.520. The zero-order valence-corrected chi connectivity index (χ0v) is 14.1. The first-order valence-electron chi connectivity index (χ1n) is 9.37. The van der Waals surface area contributed by atoms with Gasteiger partial charge in [-0.05, 0) is 92.3 Å². The molecule has 7 unspecified atom stereocenters. The molecule has 0 bridgehead atoms. The Morgan fingerprint density at radius 2 is 1.73 bits per heavy atom. The summed E-state index contributed by atoms with van der Waals surface area (Å²) in [4.78, 5) is 0. The van der Waals surface area contributed by atoms with Gasteiger partial charge in [-0.1, -0.05) is 19.0 Å². The maximum absolute atomic E-state index is 10.5. The minimum absolute atomic E-state index is 0.0662. The van der Waals surface area contributed by atoms with Gasteiger partial charge in [-0.2, -0.15) is 0 Å². The molecule has 0 amide bonds. The molecule has 7 atom stereocenters. The summed E-state index contributed by atoms with van der Waals surface area (Å²) >= 11 is 0. The smallest absolute Gasteiger partial charge is 0.0596 e. The van der Waals surface area contributed by atoms with E-state index in [0.29, 0.717) is 11.3 Å². The van der Waals surface area contributed by atoms with E-state index in [2.05, 4.69) is 19.0 Å². The van der Waals surface area contributed by atoms with E-state index >= 15 is 0 Å². The molecule has 4 aliphatic carbocycles. The molecule has 3 heteroatoms. The van der Waals surface area contributed by atoms with Crippen LogP contribution in [-0.4, -0.2) is 22.1 Å². The third-order valence-corrected chi connectivity index (χ3v) is 8.59. The normalized spacial score (nSPS) is 56.3. The molecule has 0 saturated heterocycles. The van der Waals surface area contributed by atoms with Gasteiger partial charge in [0.1, 0.15) is 0 Å². The van der Waals surface area contributed by atoms with Crippen LogP contribution in [-0.2, 0) is 0 Å². The van der Waals surface area contributed by atoms with Crippen molar-refractivity contribution in [3.63, 3.8) is 0 Å². The van der Waals surface area contributed by atoms with E-state index in [1.54, 1.807) is 0 Å². The molecule has 0 aromatic carbocycles. The van der Waals surface area contributed by atoms with Crippen LogP contribution in [0.4, 0.5) is 0 Å². The van der Waals surface area contributed by atoms with Crippen molar-refractivity contribution >= 4 is 5.71 Å². The predicted octanol–water partition coefficient (Wildman–Crippen LogP) is 4.22. The highest BCUT2D eigenvalue weighted by Crippen LogP contribution is 2.65. The molecule has 0 aliphatic heterocycles. The second kappa shape index (κ2) is 4.96. The van der Waals surface area contributed by atoms with Gasteiger partial charge in [0.2, 0.25) is 0 Å². The van der Waals surface area contributed by atoms with E-state index in [0.717, 1.165) is 42.7 Å². The molecule has 3 nitrogen and oxygen atoms in total. The first-order valence-corrected chi connectivity index (χ1v) is 9.37. The molecular formula is C19H31NO2. The number of hydrogen-bond donors (Lipinski definition) is 2. The van der Waals surface area contributed by atoms with Crippen molar-refractivity contribution < 1.29 is 10.3 Å². The Labute approximate surface area is 134 Å². The maximum atomic E-state index is 10.5. The largest absolute Gasteiger partial charge is 0.411 e. The fourth-order valence-corrected chi connectivity index (χ4v) is 7.12. The van der Waals surface area contributed by atoms with E-state index in [-0.39, 0.29) is 11.5 Å². The van der Waals surface area contributed by atoms with Gasteiger partial charge in [0.15, 0.2) is 0 Å². The van der Waals surface area contributed by atoms with Gasteiger partial charge < -0.3 is 10.3 Å². The van der Waals surface area contributed by atoms with Gasteiger partial charge in [-0.3, -0.25) is 0 Å². The Bertz CT molecular complexity index is 490. The van der Waals surface area contributed by atoms with Crippen molar-refractivity contribution in [1.82, 2.24) is 0 Å². The predicted molar refractivity (Wildman–Crippen MR) is 87.0 cm³/mol. The lowest BCUT2D eigenvalue weighted by molar-refractivity contribution is -0.112. The average Bonchev–Trinajstić information content (AvgIpc) is 2.82. The monoisotopic (exact) mass is 305 g/mol. The van der Waals surface area contributed by atoms with Crippen LogP contribution in [0.15, 0.2) is 5.16 Å². The lowest BCUT2D eigenvalue weighted by atomic mass is 9.45. The molecule has 4 aliphatic rings. The lowest BCUT2D eigenvalue weighted by Crippen LogP contribution is -2.54. The van der Waals surface area contributed by atoms with Gasteiger partial charge in [-0.15, -0.1) is 0 Å². The van der Waals surface area contributed by atoms with Crippen LogP contribution >= 0.6 is 0 Å². The summed E-state index contributed by atoms with van der Waals surface area (Å²) in [6.45, 7) is 4.88. The lowest BCUT2D eigenvalue weighted by Gasteiger charge is -2.60. The minimum Gasteiger partial charge on any atom is -0.411 e. The van der Waals surface area contributed by atoms with Gasteiger partial charge in [0.25, 0.3) is 0 Å². The van der Waals surface area contributed by atoms with Crippen molar-refractivity contribution in [2.24, 2.45) is 39.7 Å². The molecule has 2 N–H and O–H groups in total. The standard InChI is InChI=1S/C19H31NO2/c1-18-9-7-13(20-22)11-12(18)3-4-14-15-5-6-17(21)19(15,2)10-8-16(14)18/h12,14-17,21-22H,3-11H2,1-2H3/b20-13-. The van der Waals surface area contributed by atoms with E-state index in [1.807, 2.05) is 0 Å². The zero-order chi connectivity index (χ0) is 15.5. The fourth-order valence-electron chi connectivity index (χ4n) is 7.12. The Morgan fingerprint density at radius 1 is 0.955 bits per heavy atom. The molecular weight excluding hydrogens is 274 g/mol. The Hall–Kier alpha value is -0.570. The highest BCUT2D eigenvalue weighted by molar-refractivity contribution is 5.85. The van der Waals surface area contributed by atoms with Crippen LogP contribution in [0.25, 0.3) is 0 Å². The van der Waals surface area contributed by atoms with Gasteiger partial charge in [-0.25, -0.2) is 0 Å². The summed E-state index contributed by atoms with van der Waals surface area (Å²) < 4.78 is 0. The van der Waals surface area contributed by atoms with E-state index in [9.17, 15) is 5.11 Å². The van der Waals surface area contributed by atoms with Crippen molar-refractivity contribution in [2.45, 2.75) is 77.7 Å². The van der Waals surface area contributed by atoms with Crippen molar-refractivity contribution in [2.75, 3.05) is 0 Å². The summed E-state index contributed by atoms with van der Waals surface area (Å²) in [6, 6.07) is 0. The van der Waals surface area contributed by atoms with Gasteiger partial charge in [0, 0.05) is 0 Å². The molecule has 0 radical (unpaired) electrons. The Morgan fingerprint density at radius 3 is 2.50 bits per heavy atom. The number of fused-ring (bicyclic) bond motifs is 5. The van der Waals surface area contributed by atoms with Crippen molar-refractivity contribution in [3.05, 3.63) is 0 Å². The highest BCUT2D eigenvalue weighted by Gasteiger charge is 2.59. The van der Waals surface area contributed by atoms with Crippen LogP contribution in [0.3, 0.4) is 0 Å². The van der Waals surface area contributed by atoms with Crippen molar-refractivity contribution in [3.8, 4) is 0 Å². The summed E-state index contributed by atoms with van der Waals surface area (Å²) in [5, 5.41) is 23.2. The molecule has 124 valence electrons. The first kappa shape index (κ1) is 15.0. The summed E-state index contributed by atoms with van der Waals surface area (Å²) in [5.74, 6) is 3.11. The molecule has 22 heavy (non-hydrogen) atoms. The highest BCUT2D eigenvalue weighted by atomic mass is 16.4. The number of aliphatic hydroxyl groups excluding tert-OH is 1. The van der Waals surface area contributed by atoms with E-state index in [4.69, 9.17) is 5.21 Å². The zero-order valence-electron chi connectivity index (χ0n) is 14.1. The third-order valence-electron chi connectivity index (χ3n) is 8.59. The SMILES string of the molecule is CC12CCC3C(CCC4C/C(=N\O)CCC43C)C1CCC2O. The van der Waals surface area contributed by atoms with Crippen LogP contribution in [0.5, 0.6) is 0 Å². The number of nitrogens with zero attached hydrogens (tertiary/aromatic N) is 1. The maximum Gasteiger partial charge on any atom is 0.0596 e. The molecule has 4 rings (SSSR count). The van der Waals surface area contributed by atoms with Crippen molar-refractivity contribution in [1.29, 1.82) is 0 Å². The van der Waals surface area contributed by atoms with Crippen LogP contribution in [0, 0.1) is 34.5 Å². The first-order chi connectivity index (χ1) is 10.5. The molecule has 4 fully saturated rings. The van der Waals surface area contributed by atoms with Gasteiger partial charge >= 0.3 is 0 Å². The second-order valence-electron chi connectivity index (χ2n) is 9.16. The number of rotatable bonds is 0. The molecule has 0 aromatic heterocycles. The molecule has 4 saturated carbocycles. The van der Waals surface area contributed by atoms with E-state index in [1.165, 1.54) is 38.5 Å². The summed E-state index contributed by atoms with van der Waals surface area (Å²) in [5.41, 5.74) is 1.65. The van der Waals surface area contributed by atoms with Crippen LogP contribution < -0.4 is 0 Å². The Kier molecular flexibility index (Phi) is 3.38. The topological polar surface area (TPSA) is 52.8 Å². The second-order valence-corrected chi connectivity index (χ2v) is 9.16. The average molecular weight is 305 g/mol. The molecule has 0 aromatic rings. The third kappa shape index (κ3) is 1.87. The minimum atomic E-state index is -0.0662. The summed E-state index contributed by atoms with van der Waals surface area (Å²) in [6.07, 6.45) is 10.5. The van der Waals surface area contributed by atoms with Gasteiger partial charge in [0.05, 0.1) is 11.8 Å². The van der Waals surface area contributed by atoms with Crippen LogP contribution in [0.1, 0.15) is 71.6 Å². The van der Waals surface area contributed by atoms with Crippen LogP contribution in [0.2, 0.25) is 0 Å². The Balaban J connectivity index is 1.62. The number of oxime groups is 1. The molecule has 0 heterocycles.